The molecule has 0 amide bonds. The largest absolute Gasteiger partial charge is 0.338 e. The fourth-order valence-corrected chi connectivity index (χ4v) is 3.38. The smallest absolute Gasteiger partial charge is 0.238 e. The zero-order chi connectivity index (χ0) is 16.2. The van der Waals surface area contributed by atoms with Crippen molar-refractivity contribution in [3.05, 3.63) is 24.3 Å². The third-order valence-corrected chi connectivity index (χ3v) is 5.08. The van der Waals surface area contributed by atoms with Crippen molar-refractivity contribution in [1.82, 2.24) is 4.90 Å². The minimum atomic E-state index is -3.65. The summed E-state index contributed by atoms with van der Waals surface area (Å²) in [6.07, 6.45) is 1.20. The number of nitrogens with zero attached hydrogens (tertiary/aromatic N) is 1. The SMILES string of the molecule is CCC[NH+]1CCN(C(=S)Nc2ccc(S(N)(=O)=O)cc2)CC1. The molecule has 0 spiro atoms. The van der Waals surface area contributed by atoms with Crippen LogP contribution in [0.5, 0.6) is 0 Å². The van der Waals surface area contributed by atoms with Crippen LogP contribution >= 0.6 is 12.2 Å². The van der Waals surface area contributed by atoms with Gasteiger partial charge in [0, 0.05) is 5.69 Å². The molecule has 8 heteroatoms. The number of hydrogen-bond donors (Lipinski definition) is 3. The van der Waals surface area contributed by atoms with E-state index in [2.05, 4.69) is 17.1 Å². The van der Waals surface area contributed by atoms with E-state index in [0.717, 1.165) is 31.9 Å². The third kappa shape index (κ3) is 4.64. The van der Waals surface area contributed by atoms with Crippen molar-refractivity contribution in [3.63, 3.8) is 0 Å². The summed E-state index contributed by atoms with van der Waals surface area (Å²) in [5.74, 6) is 0. The highest BCUT2D eigenvalue weighted by atomic mass is 32.2. The Bertz CT molecular complexity index is 608. The Hall–Kier alpha value is -1.22. The first-order chi connectivity index (χ1) is 10.4. The van der Waals surface area contributed by atoms with Crippen LogP contribution in [0, 0.1) is 0 Å². The first kappa shape index (κ1) is 17.1. The average Bonchev–Trinajstić information content (AvgIpc) is 2.48. The van der Waals surface area contributed by atoms with E-state index in [-0.39, 0.29) is 4.90 Å². The van der Waals surface area contributed by atoms with Crippen LogP contribution in [0.1, 0.15) is 13.3 Å². The number of hydrogen-bond acceptors (Lipinski definition) is 3. The number of nitrogens with two attached hydrogens (primary N) is 1. The van der Waals surface area contributed by atoms with Gasteiger partial charge in [-0.3, -0.25) is 0 Å². The van der Waals surface area contributed by atoms with E-state index in [4.69, 9.17) is 17.4 Å². The van der Waals surface area contributed by atoms with E-state index in [0.29, 0.717) is 5.11 Å². The highest BCUT2D eigenvalue weighted by Gasteiger charge is 2.21. The Morgan fingerprint density at radius 1 is 1.32 bits per heavy atom. The van der Waals surface area contributed by atoms with Gasteiger partial charge in [0.2, 0.25) is 10.0 Å². The van der Waals surface area contributed by atoms with E-state index in [1.165, 1.54) is 25.1 Å². The molecule has 4 N–H and O–H groups in total. The Morgan fingerprint density at radius 3 is 2.41 bits per heavy atom. The second-order valence-corrected chi connectivity index (χ2v) is 7.43. The molecule has 22 heavy (non-hydrogen) atoms. The number of nitrogens with one attached hydrogen (secondary N) is 2. The van der Waals surface area contributed by atoms with Gasteiger partial charge in [-0.25, -0.2) is 13.6 Å². The molecule has 0 aromatic heterocycles. The number of anilines is 1. The summed E-state index contributed by atoms with van der Waals surface area (Å²) < 4.78 is 22.4. The average molecular weight is 343 g/mol. The number of benzene rings is 1. The van der Waals surface area contributed by atoms with Crippen molar-refractivity contribution in [2.24, 2.45) is 5.14 Å². The topological polar surface area (TPSA) is 79.9 Å². The van der Waals surface area contributed by atoms with Crippen molar-refractivity contribution < 1.29 is 13.3 Å². The van der Waals surface area contributed by atoms with Crippen LogP contribution in [0.25, 0.3) is 0 Å². The summed E-state index contributed by atoms with van der Waals surface area (Å²) in [5, 5.41) is 8.91. The van der Waals surface area contributed by atoms with Crippen molar-refractivity contribution in [3.8, 4) is 0 Å². The molecule has 0 saturated carbocycles. The molecule has 1 heterocycles. The van der Waals surface area contributed by atoms with E-state index < -0.39 is 10.0 Å². The Labute approximate surface area is 137 Å². The van der Waals surface area contributed by atoms with Gasteiger partial charge in [-0.2, -0.15) is 0 Å². The van der Waals surface area contributed by atoms with Gasteiger partial charge in [0.1, 0.15) is 0 Å². The highest BCUT2D eigenvalue weighted by molar-refractivity contribution is 7.89. The molecule has 122 valence electrons. The quantitative estimate of drug-likeness (QED) is 0.651. The van der Waals surface area contributed by atoms with Gasteiger partial charge in [-0.1, -0.05) is 6.92 Å². The van der Waals surface area contributed by atoms with Crippen molar-refractivity contribution in [2.75, 3.05) is 38.0 Å². The van der Waals surface area contributed by atoms with Gasteiger partial charge in [-0.05, 0) is 42.9 Å². The number of primary sulfonamides is 1. The lowest BCUT2D eigenvalue weighted by molar-refractivity contribution is -0.903. The molecule has 0 bridgehead atoms. The molecule has 1 fully saturated rings. The predicted octanol–water partition coefficient (Wildman–Crippen LogP) is -0.359. The van der Waals surface area contributed by atoms with Gasteiger partial charge in [-0.15, -0.1) is 0 Å². The summed E-state index contributed by atoms with van der Waals surface area (Å²) in [4.78, 5) is 3.88. The maximum absolute atomic E-state index is 11.2. The number of sulfonamides is 1. The fourth-order valence-electron chi connectivity index (χ4n) is 2.56. The minimum absolute atomic E-state index is 0.0979. The molecule has 6 nitrogen and oxygen atoms in total. The van der Waals surface area contributed by atoms with Gasteiger partial charge in [0.05, 0.1) is 37.6 Å². The maximum Gasteiger partial charge on any atom is 0.238 e. The second-order valence-electron chi connectivity index (χ2n) is 5.49. The molecule has 0 unspecified atom stereocenters. The van der Waals surface area contributed by atoms with Gasteiger partial charge in [0.25, 0.3) is 0 Å². The molecule has 0 radical (unpaired) electrons. The number of piperazine rings is 1. The van der Waals surface area contributed by atoms with Crippen LogP contribution in [-0.4, -0.2) is 51.2 Å². The van der Waals surface area contributed by atoms with E-state index >= 15 is 0 Å². The highest BCUT2D eigenvalue weighted by Crippen LogP contribution is 2.13. The second kappa shape index (κ2) is 7.36. The summed E-state index contributed by atoms with van der Waals surface area (Å²) >= 11 is 5.43. The zero-order valence-corrected chi connectivity index (χ0v) is 14.3. The lowest BCUT2D eigenvalue weighted by Crippen LogP contribution is -3.14. The van der Waals surface area contributed by atoms with E-state index in [1.807, 2.05) is 0 Å². The van der Waals surface area contributed by atoms with Crippen LogP contribution in [0.3, 0.4) is 0 Å². The lowest BCUT2D eigenvalue weighted by Gasteiger charge is -2.33. The van der Waals surface area contributed by atoms with Crippen LogP contribution in [-0.2, 0) is 10.0 Å². The Kier molecular flexibility index (Phi) is 5.74. The van der Waals surface area contributed by atoms with E-state index in [1.54, 1.807) is 17.0 Å². The van der Waals surface area contributed by atoms with Crippen LogP contribution in [0.4, 0.5) is 5.69 Å². The molecular formula is C14H23N4O2S2+. The van der Waals surface area contributed by atoms with Gasteiger partial charge in [0.15, 0.2) is 5.11 Å². The standard InChI is InChI=1S/C14H22N4O2S2/c1-2-7-17-8-10-18(11-9-17)14(21)16-12-3-5-13(6-4-12)22(15,19)20/h3-6H,2,7-11H2,1H3,(H,16,21)(H2,15,19,20)/p+1. The fraction of sp³-hybridized carbons (Fsp3) is 0.500. The third-order valence-electron chi connectivity index (χ3n) is 3.80. The molecule has 2 rings (SSSR count). The van der Waals surface area contributed by atoms with Crippen LogP contribution in [0.15, 0.2) is 29.2 Å². The number of rotatable bonds is 4. The lowest BCUT2D eigenvalue weighted by atomic mass is 10.3. The molecule has 1 aliphatic heterocycles. The molecule has 0 atom stereocenters. The number of thiocarbonyl (C=S) groups is 1. The molecule has 1 aromatic rings. The van der Waals surface area contributed by atoms with Gasteiger partial charge >= 0.3 is 0 Å². The summed E-state index contributed by atoms with van der Waals surface area (Å²) in [5.41, 5.74) is 0.765. The maximum atomic E-state index is 11.2. The summed E-state index contributed by atoms with van der Waals surface area (Å²) in [7, 11) is -3.65. The summed E-state index contributed by atoms with van der Waals surface area (Å²) in [6.45, 7) is 7.49. The van der Waals surface area contributed by atoms with Gasteiger partial charge < -0.3 is 15.1 Å². The summed E-state index contributed by atoms with van der Waals surface area (Å²) in [6, 6.07) is 6.29. The first-order valence-corrected chi connectivity index (χ1v) is 9.38. The molecule has 1 saturated heterocycles. The van der Waals surface area contributed by atoms with E-state index in [9.17, 15) is 8.42 Å². The van der Waals surface area contributed by atoms with Crippen molar-refractivity contribution >= 4 is 33.0 Å². The predicted molar refractivity (Wildman–Crippen MR) is 91.5 cm³/mol. The van der Waals surface area contributed by atoms with Crippen LogP contribution in [0.2, 0.25) is 0 Å². The number of quaternary nitrogens is 1. The van der Waals surface area contributed by atoms with Crippen molar-refractivity contribution in [2.45, 2.75) is 18.2 Å². The normalized spacial score (nSPS) is 16.5. The molecule has 1 aliphatic rings. The molecule has 1 aromatic carbocycles. The first-order valence-electron chi connectivity index (χ1n) is 7.42. The zero-order valence-electron chi connectivity index (χ0n) is 12.7. The molecule has 0 aliphatic carbocycles. The van der Waals surface area contributed by atoms with Crippen LogP contribution < -0.4 is 15.4 Å². The minimum Gasteiger partial charge on any atom is -0.338 e. The monoisotopic (exact) mass is 343 g/mol. The Morgan fingerprint density at radius 2 is 1.91 bits per heavy atom. The Balaban J connectivity index is 1.90. The molecular weight excluding hydrogens is 320 g/mol. The van der Waals surface area contributed by atoms with Crippen molar-refractivity contribution in [1.29, 1.82) is 0 Å².